The van der Waals surface area contributed by atoms with Crippen molar-refractivity contribution in [2.45, 2.75) is 13.5 Å². The zero-order chi connectivity index (χ0) is 14.7. The molecule has 0 radical (unpaired) electrons. The summed E-state index contributed by atoms with van der Waals surface area (Å²) in [6, 6.07) is 8.56. The number of nitrogens with two attached hydrogens (primary N) is 1. The van der Waals surface area contributed by atoms with Crippen molar-refractivity contribution < 1.29 is 4.79 Å². The van der Waals surface area contributed by atoms with Crippen LogP contribution in [0.1, 0.15) is 5.56 Å². The van der Waals surface area contributed by atoms with E-state index < -0.39 is 0 Å². The second-order valence-corrected chi connectivity index (χ2v) is 5.27. The molecule has 0 aliphatic heterocycles. The maximum atomic E-state index is 12.0. The maximum absolute atomic E-state index is 12.0. The van der Waals surface area contributed by atoms with Crippen molar-refractivity contribution in [1.82, 2.24) is 4.57 Å². The monoisotopic (exact) mass is 335 g/mol. The molecule has 6 heteroatoms. The van der Waals surface area contributed by atoms with Crippen molar-refractivity contribution in [2.24, 2.45) is 0 Å². The van der Waals surface area contributed by atoms with Crippen molar-refractivity contribution in [3.63, 3.8) is 0 Å². The van der Waals surface area contributed by atoms with Crippen LogP contribution < -0.4 is 16.6 Å². The summed E-state index contributed by atoms with van der Waals surface area (Å²) in [7, 11) is 0. The van der Waals surface area contributed by atoms with Crippen molar-refractivity contribution in [1.29, 1.82) is 0 Å². The Bertz CT molecular complexity index is 710. The third-order valence-electron chi connectivity index (χ3n) is 2.79. The van der Waals surface area contributed by atoms with E-state index in [-0.39, 0.29) is 18.0 Å². The highest BCUT2D eigenvalue weighted by molar-refractivity contribution is 9.10. The van der Waals surface area contributed by atoms with Crippen molar-refractivity contribution in [2.75, 3.05) is 11.1 Å². The molecule has 104 valence electrons. The number of nitrogens with zero attached hydrogens (tertiary/aromatic N) is 1. The zero-order valence-corrected chi connectivity index (χ0v) is 12.5. The van der Waals surface area contributed by atoms with Gasteiger partial charge in [-0.15, -0.1) is 0 Å². The minimum atomic E-state index is -0.275. The molecule has 2 rings (SSSR count). The lowest BCUT2D eigenvalue weighted by molar-refractivity contribution is -0.116. The highest BCUT2D eigenvalue weighted by atomic mass is 79.9. The number of carbonyl (C=O) groups excluding carboxylic acids is 1. The highest BCUT2D eigenvalue weighted by Gasteiger charge is 2.08. The number of amides is 1. The minimum Gasteiger partial charge on any atom is -0.399 e. The number of anilines is 2. The van der Waals surface area contributed by atoms with Crippen molar-refractivity contribution in [3.8, 4) is 0 Å². The third-order valence-corrected chi connectivity index (χ3v) is 3.45. The van der Waals surface area contributed by atoms with Gasteiger partial charge in [-0.1, -0.05) is 6.07 Å². The predicted molar refractivity (Wildman–Crippen MR) is 82.6 cm³/mol. The SMILES string of the molecule is Cc1cccn(CC(=O)Nc2ccc(N)cc2Br)c1=O. The molecule has 1 aromatic heterocycles. The molecule has 0 atom stereocenters. The first-order valence-corrected chi connectivity index (χ1v) is 6.77. The molecule has 0 aliphatic carbocycles. The Morgan fingerprint density at radius 2 is 2.15 bits per heavy atom. The molecule has 0 saturated carbocycles. The lowest BCUT2D eigenvalue weighted by Crippen LogP contribution is -2.28. The van der Waals surface area contributed by atoms with Gasteiger partial charge in [0, 0.05) is 21.9 Å². The van der Waals surface area contributed by atoms with Gasteiger partial charge in [0.15, 0.2) is 0 Å². The number of rotatable bonds is 3. The van der Waals surface area contributed by atoms with Gasteiger partial charge >= 0.3 is 0 Å². The lowest BCUT2D eigenvalue weighted by atomic mass is 10.3. The molecule has 0 bridgehead atoms. The first kappa shape index (κ1) is 14.3. The Labute approximate surface area is 124 Å². The van der Waals surface area contributed by atoms with Crippen LogP contribution in [0.25, 0.3) is 0 Å². The van der Waals surface area contributed by atoms with Crippen LogP contribution in [-0.2, 0) is 11.3 Å². The van der Waals surface area contributed by atoms with E-state index in [1.54, 1.807) is 43.5 Å². The molecule has 3 N–H and O–H groups in total. The Hall–Kier alpha value is -2.08. The van der Waals surface area contributed by atoms with Gasteiger partial charge in [0.2, 0.25) is 5.91 Å². The summed E-state index contributed by atoms with van der Waals surface area (Å²) in [5, 5.41) is 2.73. The van der Waals surface area contributed by atoms with E-state index in [1.807, 2.05) is 0 Å². The Kier molecular flexibility index (Phi) is 4.24. The number of aromatic nitrogens is 1. The van der Waals surface area contributed by atoms with Crippen LogP contribution in [0.3, 0.4) is 0 Å². The summed E-state index contributed by atoms with van der Waals surface area (Å²) in [4.78, 5) is 23.8. The van der Waals surface area contributed by atoms with Gasteiger partial charge in [-0.25, -0.2) is 0 Å². The summed E-state index contributed by atoms with van der Waals surface area (Å²) in [5.74, 6) is -0.275. The number of carbonyl (C=O) groups is 1. The van der Waals surface area contributed by atoms with Crippen LogP contribution in [0, 0.1) is 6.92 Å². The summed E-state index contributed by atoms with van der Waals surface area (Å²) in [5.41, 5.74) is 7.29. The second kappa shape index (κ2) is 5.92. The summed E-state index contributed by atoms with van der Waals surface area (Å²) < 4.78 is 2.07. The summed E-state index contributed by atoms with van der Waals surface area (Å²) >= 11 is 3.32. The Balaban J connectivity index is 2.13. The quantitative estimate of drug-likeness (QED) is 0.843. The standard InChI is InChI=1S/C14H14BrN3O2/c1-9-3-2-6-18(14(9)20)8-13(19)17-12-5-4-10(16)7-11(12)15/h2-7H,8,16H2,1H3,(H,17,19). The van der Waals surface area contributed by atoms with Gasteiger partial charge in [-0.3, -0.25) is 9.59 Å². The first-order valence-electron chi connectivity index (χ1n) is 5.98. The fourth-order valence-electron chi connectivity index (χ4n) is 1.76. The smallest absolute Gasteiger partial charge is 0.253 e. The van der Waals surface area contributed by atoms with Gasteiger partial charge in [0.05, 0.1) is 5.69 Å². The largest absolute Gasteiger partial charge is 0.399 e. The van der Waals surface area contributed by atoms with E-state index in [0.717, 1.165) is 0 Å². The number of nitrogens with one attached hydrogen (secondary N) is 1. The summed E-state index contributed by atoms with van der Waals surface area (Å²) in [6.45, 7) is 1.69. The molecule has 1 aromatic carbocycles. The van der Waals surface area contributed by atoms with Crippen molar-refractivity contribution in [3.05, 3.63) is 56.9 Å². The van der Waals surface area contributed by atoms with Gasteiger partial charge in [-0.05, 0) is 47.1 Å². The fourth-order valence-corrected chi connectivity index (χ4v) is 2.25. The van der Waals surface area contributed by atoms with E-state index in [2.05, 4.69) is 21.2 Å². The maximum Gasteiger partial charge on any atom is 0.253 e. The van der Waals surface area contributed by atoms with Crippen LogP contribution in [0.15, 0.2) is 45.8 Å². The molecular weight excluding hydrogens is 322 g/mol. The molecule has 0 spiro atoms. The van der Waals surface area contributed by atoms with E-state index in [0.29, 0.717) is 21.4 Å². The molecule has 5 nitrogen and oxygen atoms in total. The van der Waals surface area contributed by atoms with Crippen molar-refractivity contribution >= 4 is 33.2 Å². The van der Waals surface area contributed by atoms with Gasteiger partial charge in [0.25, 0.3) is 5.56 Å². The number of aryl methyl sites for hydroxylation is 1. The predicted octanol–water partition coefficient (Wildman–Crippen LogP) is 2.14. The number of hydrogen-bond acceptors (Lipinski definition) is 3. The lowest BCUT2D eigenvalue weighted by Gasteiger charge is -2.09. The first-order chi connectivity index (χ1) is 9.47. The zero-order valence-electron chi connectivity index (χ0n) is 10.9. The highest BCUT2D eigenvalue weighted by Crippen LogP contribution is 2.24. The Morgan fingerprint density at radius 3 is 2.85 bits per heavy atom. The minimum absolute atomic E-state index is 0.0304. The topological polar surface area (TPSA) is 77.1 Å². The molecule has 0 fully saturated rings. The number of halogens is 1. The Morgan fingerprint density at radius 1 is 1.40 bits per heavy atom. The van der Waals surface area contributed by atoms with Gasteiger partial charge < -0.3 is 15.6 Å². The van der Waals surface area contributed by atoms with E-state index >= 15 is 0 Å². The van der Waals surface area contributed by atoms with Crippen LogP contribution in [-0.4, -0.2) is 10.5 Å². The number of benzene rings is 1. The molecule has 0 saturated heterocycles. The molecule has 2 aromatic rings. The van der Waals surface area contributed by atoms with Crippen LogP contribution >= 0.6 is 15.9 Å². The second-order valence-electron chi connectivity index (χ2n) is 4.41. The van der Waals surface area contributed by atoms with Crippen LogP contribution in [0.2, 0.25) is 0 Å². The molecular formula is C14H14BrN3O2. The number of hydrogen-bond donors (Lipinski definition) is 2. The number of nitrogen functional groups attached to an aromatic ring is 1. The number of pyridine rings is 1. The average molecular weight is 336 g/mol. The molecule has 0 aliphatic rings. The van der Waals surface area contributed by atoms with Gasteiger partial charge in [0.1, 0.15) is 6.54 Å². The average Bonchev–Trinajstić information content (AvgIpc) is 2.38. The molecule has 1 heterocycles. The van der Waals surface area contributed by atoms with Crippen LogP contribution in [0.5, 0.6) is 0 Å². The third kappa shape index (κ3) is 3.27. The van der Waals surface area contributed by atoms with E-state index in [4.69, 9.17) is 5.73 Å². The molecule has 20 heavy (non-hydrogen) atoms. The van der Waals surface area contributed by atoms with Crippen LogP contribution in [0.4, 0.5) is 11.4 Å². The molecule has 1 amide bonds. The summed E-state index contributed by atoms with van der Waals surface area (Å²) in [6.07, 6.45) is 1.59. The van der Waals surface area contributed by atoms with E-state index in [9.17, 15) is 9.59 Å². The molecule has 0 unspecified atom stereocenters. The van der Waals surface area contributed by atoms with Gasteiger partial charge in [-0.2, -0.15) is 0 Å². The fraction of sp³-hybridized carbons (Fsp3) is 0.143. The van der Waals surface area contributed by atoms with E-state index in [1.165, 1.54) is 4.57 Å². The normalized spacial score (nSPS) is 10.3.